The van der Waals surface area contributed by atoms with Gasteiger partial charge in [0, 0.05) is 33.3 Å². The van der Waals surface area contributed by atoms with Crippen LogP contribution in [0.2, 0.25) is 0 Å². The van der Waals surface area contributed by atoms with Crippen molar-refractivity contribution in [3.05, 3.63) is 231 Å². The van der Waals surface area contributed by atoms with Gasteiger partial charge in [0.05, 0.1) is 22.4 Å². The van der Waals surface area contributed by atoms with Gasteiger partial charge >= 0.3 is 0 Å². The molecule has 2 nitrogen and oxygen atoms in total. The highest BCUT2D eigenvalue weighted by Gasteiger charge is 2.21. The molecule has 0 radical (unpaired) electrons. The van der Waals surface area contributed by atoms with Crippen molar-refractivity contribution in [1.82, 2.24) is 4.57 Å². The molecule has 0 aliphatic heterocycles. The number of rotatable bonds is 7. The molecule has 272 valence electrons. The van der Waals surface area contributed by atoms with Crippen LogP contribution in [0.1, 0.15) is 0 Å². The first-order chi connectivity index (χ1) is 28.8. The van der Waals surface area contributed by atoms with Crippen LogP contribution >= 0.6 is 0 Å². The molecule has 0 aliphatic carbocycles. The average Bonchev–Trinajstić information content (AvgIpc) is 3.64. The van der Waals surface area contributed by atoms with E-state index in [1.54, 1.807) is 0 Å². The van der Waals surface area contributed by atoms with Crippen LogP contribution in [0.25, 0.3) is 82.4 Å². The molecule has 0 amide bonds. The zero-order valence-corrected chi connectivity index (χ0v) is 31.8. The SMILES string of the molecule is c1cc(-c2ccccc2N(c2ccc(-c3cccc4ccccc34)cc2)c2ccccc2-c2ccc3ccccc3c2)cc(-n2c3ccccc3c3ccccc32)c1. The Bertz CT molecular complexity index is 3240. The number of benzene rings is 10. The second-order valence-corrected chi connectivity index (χ2v) is 14.9. The van der Waals surface area contributed by atoms with Crippen molar-refractivity contribution in [2.75, 3.05) is 4.90 Å². The Kier molecular flexibility index (Phi) is 8.19. The van der Waals surface area contributed by atoms with Crippen molar-refractivity contribution in [3.63, 3.8) is 0 Å². The third-order valence-corrected chi connectivity index (χ3v) is 11.6. The average molecular weight is 739 g/mol. The monoisotopic (exact) mass is 738 g/mol. The summed E-state index contributed by atoms with van der Waals surface area (Å²) in [5.41, 5.74) is 13.9. The van der Waals surface area contributed by atoms with Crippen LogP contribution in [0.3, 0.4) is 0 Å². The van der Waals surface area contributed by atoms with Gasteiger partial charge in [-0.15, -0.1) is 0 Å². The van der Waals surface area contributed by atoms with E-state index in [1.807, 2.05) is 0 Å². The van der Waals surface area contributed by atoms with Crippen LogP contribution in [0.15, 0.2) is 231 Å². The molecule has 0 saturated heterocycles. The van der Waals surface area contributed by atoms with Crippen molar-refractivity contribution in [3.8, 4) is 39.1 Å². The Labute approximate surface area is 338 Å². The molecule has 0 saturated carbocycles. The second kappa shape index (κ2) is 14.1. The van der Waals surface area contributed by atoms with E-state index in [1.165, 1.54) is 65.6 Å². The smallest absolute Gasteiger partial charge is 0.0541 e. The van der Waals surface area contributed by atoms with Gasteiger partial charge < -0.3 is 9.47 Å². The Morgan fingerprint density at radius 1 is 0.293 bits per heavy atom. The lowest BCUT2D eigenvalue weighted by Crippen LogP contribution is -2.12. The quantitative estimate of drug-likeness (QED) is 0.158. The summed E-state index contributed by atoms with van der Waals surface area (Å²) < 4.78 is 2.40. The third kappa shape index (κ3) is 5.74. The first-order valence-electron chi connectivity index (χ1n) is 19.9. The molecule has 0 aliphatic rings. The minimum Gasteiger partial charge on any atom is -0.309 e. The highest BCUT2D eigenvalue weighted by atomic mass is 15.1. The lowest BCUT2D eigenvalue weighted by Gasteiger charge is -2.30. The Morgan fingerprint density at radius 3 is 1.50 bits per heavy atom. The normalized spacial score (nSPS) is 11.4. The third-order valence-electron chi connectivity index (χ3n) is 11.6. The van der Waals surface area contributed by atoms with Crippen LogP contribution in [0.4, 0.5) is 17.1 Å². The molecule has 11 aromatic rings. The molecule has 1 aromatic heterocycles. The van der Waals surface area contributed by atoms with Gasteiger partial charge in [-0.3, -0.25) is 0 Å². The fraction of sp³-hybridized carbons (Fsp3) is 0. The maximum Gasteiger partial charge on any atom is 0.0541 e. The van der Waals surface area contributed by atoms with E-state index in [4.69, 9.17) is 0 Å². The van der Waals surface area contributed by atoms with Crippen LogP contribution < -0.4 is 4.90 Å². The van der Waals surface area contributed by atoms with Gasteiger partial charge in [-0.25, -0.2) is 0 Å². The van der Waals surface area contributed by atoms with E-state index in [9.17, 15) is 0 Å². The number of anilines is 3. The molecule has 0 fully saturated rings. The van der Waals surface area contributed by atoms with Crippen molar-refractivity contribution >= 4 is 60.4 Å². The van der Waals surface area contributed by atoms with Crippen molar-refractivity contribution in [1.29, 1.82) is 0 Å². The summed E-state index contributed by atoms with van der Waals surface area (Å²) in [7, 11) is 0. The van der Waals surface area contributed by atoms with Gasteiger partial charge in [0.2, 0.25) is 0 Å². The van der Waals surface area contributed by atoms with Crippen LogP contribution in [-0.2, 0) is 0 Å². The highest BCUT2D eigenvalue weighted by molar-refractivity contribution is 6.09. The molecule has 58 heavy (non-hydrogen) atoms. The summed E-state index contributed by atoms with van der Waals surface area (Å²) in [6, 6.07) is 83.8. The molecule has 0 atom stereocenters. The largest absolute Gasteiger partial charge is 0.309 e. The lowest BCUT2D eigenvalue weighted by atomic mass is 9.96. The van der Waals surface area contributed by atoms with Crippen molar-refractivity contribution in [2.24, 2.45) is 0 Å². The molecular weight excluding hydrogens is 701 g/mol. The first kappa shape index (κ1) is 33.6. The maximum absolute atomic E-state index is 2.44. The molecule has 2 heteroatoms. The summed E-state index contributed by atoms with van der Waals surface area (Å²) >= 11 is 0. The number of aromatic nitrogens is 1. The Morgan fingerprint density at radius 2 is 0.793 bits per heavy atom. The summed E-state index contributed by atoms with van der Waals surface area (Å²) in [4.78, 5) is 2.44. The predicted octanol–water partition coefficient (Wildman–Crippen LogP) is 15.6. The maximum atomic E-state index is 2.44. The Hall–Kier alpha value is -7.68. The molecule has 10 aromatic carbocycles. The highest BCUT2D eigenvalue weighted by Crippen LogP contribution is 2.46. The molecule has 0 unspecified atom stereocenters. The van der Waals surface area contributed by atoms with Gasteiger partial charge in [-0.1, -0.05) is 176 Å². The zero-order chi connectivity index (χ0) is 38.4. The number of fused-ring (bicyclic) bond motifs is 5. The van der Waals surface area contributed by atoms with Gasteiger partial charge in [-0.05, 0) is 98.4 Å². The molecule has 11 rings (SSSR count). The molecule has 0 N–H and O–H groups in total. The lowest BCUT2D eigenvalue weighted by molar-refractivity contribution is 1.18. The molecule has 0 spiro atoms. The van der Waals surface area contributed by atoms with Gasteiger partial charge in [-0.2, -0.15) is 0 Å². The fourth-order valence-electron chi connectivity index (χ4n) is 8.87. The summed E-state index contributed by atoms with van der Waals surface area (Å²) in [6.45, 7) is 0. The van der Waals surface area contributed by atoms with Crippen molar-refractivity contribution < 1.29 is 0 Å². The Balaban J connectivity index is 1.10. The minimum atomic E-state index is 1.09. The number of para-hydroxylation sites is 4. The van der Waals surface area contributed by atoms with E-state index in [2.05, 4.69) is 240 Å². The van der Waals surface area contributed by atoms with E-state index in [0.29, 0.717) is 0 Å². The fourth-order valence-corrected chi connectivity index (χ4v) is 8.87. The molecular formula is C56H38N2. The predicted molar refractivity (Wildman–Crippen MR) is 247 cm³/mol. The molecule has 1 heterocycles. The van der Waals surface area contributed by atoms with Crippen LogP contribution in [-0.4, -0.2) is 4.57 Å². The minimum absolute atomic E-state index is 1.09. The summed E-state index contributed by atoms with van der Waals surface area (Å²) in [6.07, 6.45) is 0. The zero-order valence-electron chi connectivity index (χ0n) is 31.8. The number of nitrogens with zero attached hydrogens (tertiary/aromatic N) is 2. The van der Waals surface area contributed by atoms with Gasteiger partial charge in [0.25, 0.3) is 0 Å². The first-order valence-corrected chi connectivity index (χ1v) is 19.9. The van der Waals surface area contributed by atoms with E-state index >= 15 is 0 Å². The van der Waals surface area contributed by atoms with Gasteiger partial charge in [0.15, 0.2) is 0 Å². The standard InChI is InChI=1S/C56H38N2/c1-2-17-42-37-44(32-31-39(42)15-1)50-23-6-10-28-54(50)57(45-35-33-41(34-36-45)48-26-14-18-40-16-3-4-21-47(40)48)53-27-9-5-22-49(53)43-19-13-20-46(38-43)58-55-29-11-7-24-51(55)52-25-8-12-30-56(52)58/h1-38H. The topological polar surface area (TPSA) is 8.17 Å². The summed E-state index contributed by atoms with van der Waals surface area (Å²) in [5.74, 6) is 0. The number of hydrogen-bond acceptors (Lipinski definition) is 1. The number of hydrogen-bond donors (Lipinski definition) is 0. The van der Waals surface area contributed by atoms with Crippen LogP contribution in [0.5, 0.6) is 0 Å². The molecule has 0 bridgehead atoms. The summed E-state index contributed by atoms with van der Waals surface area (Å²) in [5, 5.41) is 7.47. The van der Waals surface area contributed by atoms with Crippen molar-refractivity contribution in [2.45, 2.75) is 0 Å². The van der Waals surface area contributed by atoms with E-state index in [0.717, 1.165) is 33.9 Å². The van der Waals surface area contributed by atoms with E-state index in [-0.39, 0.29) is 0 Å². The second-order valence-electron chi connectivity index (χ2n) is 14.9. The van der Waals surface area contributed by atoms with Gasteiger partial charge in [0.1, 0.15) is 0 Å². The van der Waals surface area contributed by atoms with Crippen LogP contribution in [0, 0.1) is 0 Å². The van der Waals surface area contributed by atoms with E-state index < -0.39 is 0 Å².